The largest absolute Gasteiger partial charge is 0.459 e. The van der Waals surface area contributed by atoms with Crippen molar-refractivity contribution in [2.45, 2.75) is 45.2 Å². The summed E-state index contributed by atoms with van der Waals surface area (Å²) < 4.78 is 6.00. The molecule has 1 N–H and O–H groups in total. The molecule has 3 heterocycles. The average molecular weight is 369 g/mol. The number of aryl methyl sites for hydroxylation is 1. The Balaban J connectivity index is 1.53. The third kappa shape index (κ3) is 3.09. The minimum absolute atomic E-state index is 0.0442. The number of nitrogens with zero attached hydrogens (tertiary/aromatic N) is 2. The van der Waals surface area contributed by atoms with E-state index < -0.39 is 0 Å². The summed E-state index contributed by atoms with van der Waals surface area (Å²) in [6.07, 6.45) is 4.95. The summed E-state index contributed by atoms with van der Waals surface area (Å²) in [5, 5.41) is 7.22. The number of urea groups is 1. The highest BCUT2D eigenvalue weighted by atomic mass is 32.1. The molecule has 2 aromatic heterocycles. The van der Waals surface area contributed by atoms with Gasteiger partial charge < -0.3 is 14.6 Å². The number of carbonyl (C=O) groups is 1. The minimum atomic E-state index is -0.186. The summed E-state index contributed by atoms with van der Waals surface area (Å²) in [5.74, 6) is 0.822. The molecule has 4 rings (SSSR count). The second-order valence-corrected chi connectivity index (χ2v) is 7.76. The van der Waals surface area contributed by atoms with Crippen molar-refractivity contribution in [3.05, 3.63) is 52.2 Å². The number of thiazole rings is 1. The van der Waals surface area contributed by atoms with E-state index in [0.717, 1.165) is 53.1 Å². The third-order valence-electron chi connectivity index (χ3n) is 5.11. The number of piperidine rings is 1. The van der Waals surface area contributed by atoms with E-state index in [4.69, 9.17) is 4.42 Å². The van der Waals surface area contributed by atoms with Gasteiger partial charge in [0.15, 0.2) is 0 Å². The Morgan fingerprint density at radius 3 is 3.00 bits per heavy atom. The van der Waals surface area contributed by atoms with Gasteiger partial charge in [0.25, 0.3) is 0 Å². The maximum Gasteiger partial charge on any atom is 0.318 e. The van der Waals surface area contributed by atoms with Crippen LogP contribution in [0.2, 0.25) is 0 Å². The van der Waals surface area contributed by atoms with E-state index in [9.17, 15) is 4.79 Å². The van der Waals surface area contributed by atoms with Gasteiger partial charge in [0.2, 0.25) is 0 Å². The van der Waals surface area contributed by atoms with Gasteiger partial charge >= 0.3 is 6.03 Å². The average Bonchev–Trinajstić information content (AvgIpc) is 3.30. The Hall–Kier alpha value is -2.34. The normalized spacial score (nSPS) is 18.8. The molecule has 1 unspecified atom stereocenters. The van der Waals surface area contributed by atoms with Gasteiger partial charge in [-0.1, -0.05) is 18.2 Å². The van der Waals surface area contributed by atoms with Gasteiger partial charge in [-0.05, 0) is 39.2 Å². The molecule has 136 valence electrons. The first-order valence-electron chi connectivity index (χ1n) is 9.09. The first-order valence-corrected chi connectivity index (χ1v) is 9.97. The van der Waals surface area contributed by atoms with Crippen molar-refractivity contribution in [3.63, 3.8) is 0 Å². The first kappa shape index (κ1) is 17.1. The fourth-order valence-electron chi connectivity index (χ4n) is 3.77. The molecule has 6 heteroatoms. The first-order chi connectivity index (χ1) is 12.6. The van der Waals surface area contributed by atoms with E-state index in [1.165, 1.54) is 0 Å². The molecular weight excluding hydrogens is 346 g/mol. The van der Waals surface area contributed by atoms with Gasteiger partial charge in [0.05, 0.1) is 12.1 Å². The summed E-state index contributed by atoms with van der Waals surface area (Å²) in [6, 6.07) is 7.83. The molecule has 0 saturated carbocycles. The summed E-state index contributed by atoms with van der Waals surface area (Å²) in [4.78, 5) is 19.3. The maximum absolute atomic E-state index is 13.0. The number of likely N-dealkylation sites (tertiary alicyclic amines) is 1. The lowest BCUT2D eigenvalue weighted by atomic mass is 10.0. The molecule has 2 atom stereocenters. The smallest absolute Gasteiger partial charge is 0.318 e. The fraction of sp³-hybridized carbons (Fsp3) is 0.400. The maximum atomic E-state index is 13.0. The van der Waals surface area contributed by atoms with Crippen molar-refractivity contribution in [2.75, 3.05) is 6.54 Å². The minimum Gasteiger partial charge on any atom is -0.459 e. The Labute approximate surface area is 157 Å². The highest BCUT2D eigenvalue weighted by molar-refractivity contribution is 7.09. The third-order valence-corrected chi connectivity index (χ3v) is 5.99. The molecule has 1 fully saturated rings. The van der Waals surface area contributed by atoms with Crippen LogP contribution in [0.3, 0.4) is 0 Å². The predicted molar refractivity (Wildman–Crippen MR) is 103 cm³/mol. The number of fused-ring (bicyclic) bond motifs is 1. The molecule has 1 aliphatic heterocycles. The monoisotopic (exact) mass is 369 g/mol. The lowest BCUT2D eigenvalue weighted by Gasteiger charge is -2.35. The van der Waals surface area contributed by atoms with Crippen molar-refractivity contribution >= 4 is 28.3 Å². The van der Waals surface area contributed by atoms with Crippen LogP contribution in [0.4, 0.5) is 4.79 Å². The van der Waals surface area contributed by atoms with Gasteiger partial charge in [0, 0.05) is 29.1 Å². The standard InChI is InChI=1S/C20H23N3O2S/c1-13-15-7-3-4-9-17(15)25-18(13)14(2)22-20(24)23-11-6-5-8-16(23)19-21-10-12-26-19/h3-4,7,9-10,12,14,16H,5-6,8,11H2,1-2H3,(H,22,24)/t14-,16?/m0/s1. The Bertz CT molecular complexity index is 903. The molecule has 0 spiro atoms. The highest BCUT2D eigenvalue weighted by Crippen LogP contribution is 2.33. The van der Waals surface area contributed by atoms with Crippen LogP contribution in [0.15, 0.2) is 40.3 Å². The summed E-state index contributed by atoms with van der Waals surface area (Å²) in [6.45, 7) is 4.79. The number of hydrogen-bond donors (Lipinski definition) is 1. The van der Waals surface area contributed by atoms with Gasteiger partial charge in [-0.3, -0.25) is 0 Å². The number of benzene rings is 1. The molecule has 0 bridgehead atoms. The van der Waals surface area contributed by atoms with E-state index in [2.05, 4.69) is 16.4 Å². The Kier molecular flexibility index (Phi) is 4.68. The van der Waals surface area contributed by atoms with Crippen molar-refractivity contribution in [3.8, 4) is 0 Å². The van der Waals surface area contributed by atoms with Crippen LogP contribution >= 0.6 is 11.3 Å². The molecule has 26 heavy (non-hydrogen) atoms. The van der Waals surface area contributed by atoms with E-state index in [0.29, 0.717) is 0 Å². The molecule has 3 aromatic rings. The fourth-order valence-corrected chi connectivity index (χ4v) is 4.56. The molecule has 1 aromatic carbocycles. The van der Waals surface area contributed by atoms with Crippen LogP contribution in [0, 0.1) is 6.92 Å². The zero-order valence-corrected chi connectivity index (χ0v) is 15.9. The van der Waals surface area contributed by atoms with Gasteiger partial charge in [0.1, 0.15) is 16.4 Å². The van der Waals surface area contributed by atoms with Crippen LogP contribution in [0.5, 0.6) is 0 Å². The Morgan fingerprint density at radius 2 is 2.23 bits per heavy atom. The Morgan fingerprint density at radius 1 is 1.38 bits per heavy atom. The lowest BCUT2D eigenvalue weighted by Crippen LogP contribution is -2.45. The number of amides is 2. The van der Waals surface area contributed by atoms with Crippen LogP contribution < -0.4 is 5.32 Å². The van der Waals surface area contributed by atoms with E-state index >= 15 is 0 Å². The SMILES string of the molecule is Cc1c([C@H](C)NC(=O)N2CCCCC2c2nccs2)oc2ccccc12. The lowest BCUT2D eigenvalue weighted by molar-refractivity contribution is 0.148. The van der Waals surface area contributed by atoms with Crippen LogP contribution in [0.25, 0.3) is 11.0 Å². The zero-order valence-electron chi connectivity index (χ0n) is 15.1. The van der Waals surface area contributed by atoms with Gasteiger partial charge in [-0.2, -0.15) is 0 Å². The second-order valence-electron chi connectivity index (χ2n) is 6.83. The molecule has 0 aliphatic carbocycles. The molecule has 0 radical (unpaired) electrons. The number of carbonyl (C=O) groups excluding carboxylic acids is 1. The zero-order chi connectivity index (χ0) is 18.1. The van der Waals surface area contributed by atoms with Gasteiger partial charge in [-0.15, -0.1) is 11.3 Å². The van der Waals surface area contributed by atoms with Crippen molar-refractivity contribution in [2.24, 2.45) is 0 Å². The number of para-hydroxylation sites is 1. The van der Waals surface area contributed by atoms with Crippen LogP contribution in [0.1, 0.15) is 54.6 Å². The number of hydrogen-bond acceptors (Lipinski definition) is 4. The number of furan rings is 1. The number of rotatable bonds is 3. The quantitative estimate of drug-likeness (QED) is 0.691. The van der Waals surface area contributed by atoms with Crippen molar-refractivity contribution in [1.82, 2.24) is 15.2 Å². The molecular formula is C20H23N3O2S. The summed E-state index contributed by atoms with van der Waals surface area (Å²) >= 11 is 1.62. The van der Waals surface area contributed by atoms with Crippen LogP contribution in [-0.2, 0) is 0 Å². The topological polar surface area (TPSA) is 58.4 Å². The van der Waals surface area contributed by atoms with Crippen molar-refractivity contribution < 1.29 is 9.21 Å². The molecule has 5 nitrogen and oxygen atoms in total. The predicted octanol–water partition coefficient (Wildman–Crippen LogP) is 5.20. The molecule has 1 saturated heterocycles. The highest BCUT2D eigenvalue weighted by Gasteiger charge is 2.31. The summed E-state index contributed by atoms with van der Waals surface area (Å²) in [7, 11) is 0. The number of nitrogens with one attached hydrogen (secondary N) is 1. The van der Waals surface area contributed by atoms with E-state index in [1.54, 1.807) is 11.3 Å². The molecule has 1 aliphatic rings. The second kappa shape index (κ2) is 7.11. The van der Waals surface area contributed by atoms with E-state index in [1.807, 2.05) is 48.5 Å². The summed E-state index contributed by atoms with van der Waals surface area (Å²) in [5.41, 5.74) is 1.95. The number of aromatic nitrogens is 1. The molecule has 2 amide bonds. The van der Waals surface area contributed by atoms with Crippen LogP contribution in [-0.4, -0.2) is 22.5 Å². The van der Waals surface area contributed by atoms with Crippen molar-refractivity contribution in [1.29, 1.82) is 0 Å². The van der Waals surface area contributed by atoms with E-state index in [-0.39, 0.29) is 18.1 Å². The van der Waals surface area contributed by atoms with Gasteiger partial charge in [-0.25, -0.2) is 9.78 Å².